The molecule has 2 amide bonds. The van der Waals surface area contributed by atoms with Gasteiger partial charge < -0.3 is 15.4 Å². The van der Waals surface area contributed by atoms with E-state index in [1.807, 2.05) is 31.2 Å². The van der Waals surface area contributed by atoms with Gasteiger partial charge >= 0.3 is 5.97 Å². The van der Waals surface area contributed by atoms with Crippen molar-refractivity contribution in [2.24, 2.45) is 0 Å². The molecule has 7 nitrogen and oxygen atoms in total. The van der Waals surface area contributed by atoms with Crippen LogP contribution in [-0.4, -0.2) is 55.0 Å². The number of ether oxygens (including phenoxy) is 1. The number of hydrogen-bond acceptors (Lipinski definition) is 5. The molecule has 0 spiro atoms. The number of amides is 2. The maximum Gasteiger partial charge on any atom is 0.320 e. The highest BCUT2D eigenvalue weighted by atomic mass is 16.5. The Bertz CT molecular complexity index is 618. The Kier molecular flexibility index (Phi) is 6.31. The fraction of sp³-hybridized carbons (Fsp3) is 0.471. The molecule has 1 fully saturated rings. The van der Waals surface area contributed by atoms with E-state index in [0.29, 0.717) is 13.1 Å². The summed E-state index contributed by atoms with van der Waals surface area (Å²) in [5, 5.41) is 5.55. The van der Waals surface area contributed by atoms with Gasteiger partial charge in [0.2, 0.25) is 11.8 Å². The summed E-state index contributed by atoms with van der Waals surface area (Å²) in [5.74, 6) is -0.901. The second kappa shape index (κ2) is 8.44. The lowest BCUT2D eigenvalue weighted by Crippen LogP contribution is -2.57. The van der Waals surface area contributed by atoms with Crippen LogP contribution in [-0.2, 0) is 19.1 Å². The first-order valence-corrected chi connectivity index (χ1v) is 8.04. The Hall–Kier alpha value is -2.41. The molecule has 1 atom stereocenters. The maximum atomic E-state index is 12.3. The van der Waals surface area contributed by atoms with Crippen LogP contribution >= 0.6 is 0 Å². The molecule has 0 bridgehead atoms. The molecule has 24 heavy (non-hydrogen) atoms. The molecule has 1 aliphatic rings. The number of piperazine rings is 1. The lowest BCUT2D eigenvalue weighted by atomic mass is 10.1. The fourth-order valence-electron chi connectivity index (χ4n) is 2.64. The average molecular weight is 333 g/mol. The summed E-state index contributed by atoms with van der Waals surface area (Å²) in [4.78, 5) is 37.8. The van der Waals surface area contributed by atoms with E-state index < -0.39 is 12.0 Å². The predicted octanol–water partition coefficient (Wildman–Crippen LogP) is 0.687. The van der Waals surface area contributed by atoms with Crippen molar-refractivity contribution >= 4 is 23.5 Å². The molecule has 0 unspecified atom stereocenters. The Morgan fingerprint density at radius 3 is 2.83 bits per heavy atom. The third kappa shape index (κ3) is 4.79. The van der Waals surface area contributed by atoms with Crippen LogP contribution in [0.1, 0.15) is 18.9 Å². The van der Waals surface area contributed by atoms with Crippen molar-refractivity contribution in [2.75, 3.05) is 31.6 Å². The van der Waals surface area contributed by atoms with E-state index in [0.717, 1.165) is 11.3 Å². The number of nitrogens with one attached hydrogen (secondary N) is 2. The van der Waals surface area contributed by atoms with E-state index in [-0.39, 0.29) is 31.4 Å². The second-order valence-corrected chi connectivity index (χ2v) is 5.65. The van der Waals surface area contributed by atoms with Crippen LogP contribution in [0.25, 0.3) is 0 Å². The molecule has 130 valence electrons. The monoisotopic (exact) mass is 333 g/mol. The molecule has 7 heteroatoms. The van der Waals surface area contributed by atoms with Gasteiger partial charge in [-0.05, 0) is 25.5 Å². The van der Waals surface area contributed by atoms with Crippen molar-refractivity contribution in [3.63, 3.8) is 0 Å². The summed E-state index contributed by atoms with van der Waals surface area (Å²) in [5.41, 5.74) is 1.66. The number of benzene rings is 1. The summed E-state index contributed by atoms with van der Waals surface area (Å²) in [6.07, 6.45) is -0.0143. The molecular weight excluding hydrogens is 310 g/mol. The first-order valence-electron chi connectivity index (χ1n) is 8.04. The Labute approximate surface area is 141 Å². The lowest BCUT2D eigenvalue weighted by Gasteiger charge is -2.33. The van der Waals surface area contributed by atoms with Crippen molar-refractivity contribution in [1.29, 1.82) is 0 Å². The number of anilines is 1. The molecule has 1 aromatic carbocycles. The standard InChI is InChI=1S/C17H23N3O4/c1-3-24-16(22)11-20-9-8-18-17(23)14(20)10-15(21)19-13-7-5-4-6-12(13)2/h4-7,14H,3,8-11H2,1-2H3,(H,18,23)(H,19,21)/t14-/m0/s1. The summed E-state index contributed by atoms with van der Waals surface area (Å²) in [7, 11) is 0. The van der Waals surface area contributed by atoms with E-state index in [9.17, 15) is 14.4 Å². The molecule has 0 aliphatic carbocycles. The fourth-order valence-corrected chi connectivity index (χ4v) is 2.64. The summed E-state index contributed by atoms with van der Waals surface area (Å²) in [6.45, 7) is 4.88. The minimum absolute atomic E-state index is 0.00354. The number of esters is 1. The Balaban J connectivity index is 2.00. The van der Waals surface area contributed by atoms with Gasteiger partial charge in [0.1, 0.15) is 0 Å². The van der Waals surface area contributed by atoms with Crippen molar-refractivity contribution in [2.45, 2.75) is 26.3 Å². The largest absolute Gasteiger partial charge is 0.465 e. The van der Waals surface area contributed by atoms with Gasteiger partial charge in [0.25, 0.3) is 0 Å². The average Bonchev–Trinajstić information content (AvgIpc) is 2.53. The first kappa shape index (κ1) is 17.9. The minimum atomic E-state index is -0.674. The Morgan fingerprint density at radius 1 is 1.38 bits per heavy atom. The van der Waals surface area contributed by atoms with Crippen molar-refractivity contribution < 1.29 is 19.1 Å². The van der Waals surface area contributed by atoms with Gasteiger partial charge in [0.05, 0.1) is 25.6 Å². The number of nitrogens with zero attached hydrogens (tertiary/aromatic N) is 1. The molecule has 0 aromatic heterocycles. The number of carbonyl (C=O) groups is 3. The number of rotatable bonds is 6. The summed E-state index contributed by atoms with van der Waals surface area (Å²) < 4.78 is 4.93. The zero-order valence-corrected chi connectivity index (χ0v) is 14.0. The molecule has 1 saturated heterocycles. The maximum absolute atomic E-state index is 12.3. The van der Waals surface area contributed by atoms with E-state index in [1.54, 1.807) is 11.8 Å². The van der Waals surface area contributed by atoms with Crippen LogP contribution in [0.2, 0.25) is 0 Å². The second-order valence-electron chi connectivity index (χ2n) is 5.65. The summed E-state index contributed by atoms with van der Waals surface area (Å²) >= 11 is 0. The van der Waals surface area contributed by atoms with Crippen LogP contribution < -0.4 is 10.6 Å². The van der Waals surface area contributed by atoms with Gasteiger partial charge in [-0.3, -0.25) is 19.3 Å². The van der Waals surface area contributed by atoms with Gasteiger partial charge in [0.15, 0.2) is 0 Å². The molecular formula is C17H23N3O4. The SMILES string of the molecule is CCOC(=O)CN1CCNC(=O)[C@@H]1CC(=O)Nc1ccccc1C. The third-order valence-electron chi connectivity index (χ3n) is 3.88. The van der Waals surface area contributed by atoms with Crippen LogP contribution in [0, 0.1) is 6.92 Å². The molecule has 1 heterocycles. The third-order valence-corrected chi connectivity index (χ3v) is 3.88. The quantitative estimate of drug-likeness (QED) is 0.748. The van der Waals surface area contributed by atoms with Gasteiger partial charge in [-0.25, -0.2) is 0 Å². The number of carbonyl (C=O) groups excluding carboxylic acids is 3. The first-order chi connectivity index (χ1) is 11.5. The molecule has 0 radical (unpaired) electrons. The predicted molar refractivity (Wildman–Crippen MR) is 89.4 cm³/mol. The molecule has 2 N–H and O–H groups in total. The van der Waals surface area contributed by atoms with Crippen LogP contribution in [0.15, 0.2) is 24.3 Å². The number of aryl methyl sites for hydroxylation is 1. The van der Waals surface area contributed by atoms with E-state index >= 15 is 0 Å². The van der Waals surface area contributed by atoms with E-state index in [2.05, 4.69) is 10.6 Å². The zero-order valence-electron chi connectivity index (χ0n) is 14.0. The normalized spacial score (nSPS) is 17.9. The topological polar surface area (TPSA) is 87.7 Å². The lowest BCUT2D eigenvalue weighted by molar-refractivity contribution is -0.147. The Morgan fingerprint density at radius 2 is 2.12 bits per heavy atom. The van der Waals surface area contributed by atoms with E-state index in [4.69, 9.17) is 4.74 Å². The van der Waals surface area contributed by atoms with E-state index in [1.165, 1.54) is 0 Å². The van der Waals surface area contributed by atoms with Crippen LogP contribution in [0.3, 0.4) is 0 Å². The molecule has 0 saturated carbocycles. The number of hydrogen-bond donors (Lipinski definition) is 2. The number of para-hydroxylation sites is 1. The zero-order chi connectivity index (χ0) is 17.5. The highest BCUT2D eigenvalue weighted by Crippen LogP contribution is 2.15. The van der Waals surface area contributed by atoms with Crippen molar-refractivity contribution in [3.05, 3.63) is 29.8 Å². The van der Waals surface area contributed by atoms with Gasteiger partial charge in [0, 0.05) is 18.8 Å². The van der Waals surface area contributed by atoms with Crippen molar-refractivity contribution in [3.8, 4) is 0 Å². The van der Waals surface area contributed by atoms with Crippen LogP contribution in [0.4, 0.5) is 5.69 Å². The molecule has 1 aliphatic heterocycles. The van der Waals surface area contributed by atoms with Gasteiger partial charge in [-0.1, -0.05) is 18.2 Å². The highest BCUT2D eigenvalue weighted by Gasteiger charge is 2.33. The summed E-state index contributed by atoms with van der Waals surface area (Å²) in [6, 6.07) is 6.76. The van der Waals surface area contributed by atoms with Gasteiger partial charge in [-0.2, -0.15) is 0 Å². The van der Waals surface area contributed by atoms with Gasteiger partial charge in [-0.15, -0.1) is 0 Å². The smallest absolute Gasteiger partial charge is 0.320 e. The molecule has 1 aromatic rings. The molecule has 2 rings (SSSR count). The minimum Gasteiger partial charge on any atom is -0.465 e. The highest BCUT2D eigenvalue weighted by molar-refractivity contribution is 5.96. The van der Waals surface area contributed by atoms with Crippen LogP contribution in [0.5, 0.6) is 0 Å². The van der Waals surface area contributed by atoms with Crippen molar-refractivity contribution in [1.82, 2.24) is 10.2 Å².